The summed E-state index contributed by atoms with van der Waals surface area (Å²) < 4.78 is 0. The molecule has 0 bridgehead atoms. The third kappa shape index (κ3) is 4.04. The number of anilines is 1. The molecule has 0 saturated carbocycles. The lowest BCUT2D eigenvalue weighted by Gasteiger charge is -2.33. The summed E-state index contributed by atoms with van der Waals surface area (Å²) in [6, 6.07) is 7.19. The van der Waals surface area contributed by atoms with Gasteiger partial charge < -0.3 is 15.5 Å². The average Bonchev–Trinajstić information content (AvgIpc) is 2.46. The molecule has 1 saturated heterocycles. The van der Waals surface area contributed by atoms with Crippen LogP contribution in [0.4, 0.5) is 5.69 Å². The SMILES string of the molecule is CCN1CCN(CCC(=O)c2ccc(N)cc2)CC1. The Labute approximate surface area is 115 Å². The molecule has 0 spiro atoms. The highest BCUT2D eigenvalue weighted by Crippen LogP contribution is 2.09. The number of hydrogen-bond donors (Lipinski definition) is 1. The van der Waals surface area contributed by atoms with Crippen molar-refractivity contribution in [1.82, 2.24) is 9.80 Å². The molecule has 1 heterocycles. The Hall–Kier alpha value is -1.39. The Bertz CT molecular complexity index is 408. The second kappa shape index (κ2) is 6.68. The number of rotatable bonds is 5. The smallest absolute Gasteiger partial charge is 0.164 e. The van der Waals surface area contributed by atoms with Gasteiger partial charge in [-0.15, -0.1) is 0 Å². The van der Waals surface area contributed by atoms with Crippen LogP contribution in [0.2, 0.25) is 0 Å². The molecule has 4 nitrogen and oxygen atoms in total. The standard InChI is InChI=1S/C15H23N3O/c1-2-17-9-11-18(12-10-17)8-7-15(19)13-3-5-14(16)6-4-13/h3-6H,2,7-12,16H2,1H3. The minimum atomic E-state index is 0.206. The predicted molar refractivity (Wildman–Crippen MR) is 78.4 cm³/mol. The summed E-state index contributed by atoms with van der Waals surface area (Å²) in [5, 5.41) is 0. The first-order valence-corrected chi connectivity index (χ1v) is 7.02. The van der Waals surface area contributed by atoms with Crippen LogP contribution in [0, 0.1) is 0 Å². The fraction of sp³-hybridized carbons (Fsp3) is 0.533. The Morgan fingerprint density at radius 3 is 2.26 bits per heavy atom. The van der Waals surface area contributed by atoms with Gasteiger partial charge in [0.2, 0.25) is 0 Å². The highest BCUT2D eigenvalue weighted by molar-refractivity contribution is 5.96. The normalized spacial score (nSPS) is 17.5. The first kappa shape index (κ1) is 14.0. The fourth-order valence-corrected chi connectivity index (χ4v) is 2.40. The topological polar surface area (TPSA) is 49.6 Å². The van der Waals surface area contributed by atoms with E-state index in [1.807, 2.05) is 12.1 Å². The van der Waals surface area contributed by atoms with E-state index in [-0.39, 0.29) is 5.78 Å². The van der Waals surface area contributed by atoms with E-state index in [1.165, 1.54) is 0 Å². The van der Waals surface area contributed by atoms with Crippen molar-refractivity contribution in [2.75, 3.05) is 45.0 Å². The number of carbonyl (C=O) groups excluding carboxylic acids is 1. The van der Waals surface area contributed by atoms with Crippen LogP contribution in [-0.4, -0.2) is 54.9 Å². The van der Waals surface area contributed by atoms with Crippen LogP contribution >= 0.6 is 0 Å². The number of nitrogens with zero attached hydrogens (tertiary/aromatic N) is 2. The summed E-state index contributed by atoms with van der Waals surface area (Å²) >= 11 is 0. The molecule has 1 fully saturated rings. The highest BCUT2D eigenvalue weighted by atomic mass is 16.1. The largest absolute Gasteiger partial charge is 0.399 e. The van der Waals surface area contributed by atoms with E-state index in [4.69, 9.17) is 5.73 Å². The second-order valence-electron chi connectivity index (χ2n) is 5.07. The maximum atomic E-state index is 12.0. The molecule has 104 valence electrons. The molecule has 0 amide bonds. The van der Waals surface area contributed by atoms with Crippen LogP contribution < -0.4 is 5.73 Å². The van der Waals surface area contributed by atoms with E-state index in [0.717, 1.165) is 44.8 Å². The molecule has 0 atom stereocenters. The summed E-state index contributed by atoms with van der Waals surface area (Å²) in [5.74, 6) is 0.206. The first-order chi connectivity index (χ1) is 9.19. The Morgan fingerprint density at radius 2 is 1.68 bits per heavy atom. The average molecular weight is 261 g/mol. The number of hydrogen-bond acceptors (Lipinski definition) is 4. The van der Waals surface area contributed by atoms with Gasteiger partial charge in [0.05, 0.1) is 0 Å². The van der Waals surface area contributed by atoms with Crippen LogP contribution in [0.3, 0.4) is 0 Å². The molecule has 1 aromatic carbocycles. The van der Waals surface area contributed by atoms with Crippen LogP contribution in [0.1, 0.15) is 23.7 Å². The minimum absolute atomic E-state index is 0.206. The lowest BCUT2D eigenvalue weighted by Crippen LogP contribution is -2.46. The van der Waals surface area contributed by atoms with E-state index < -0.39 is 0 Å². The summed E-state index contributed by atoms with van der Waals surface area (Å²) in [6.45, 7) is 8.56. The zero-order valence-electron chi connectivity index (χ0n) is 11.6. The number of nitrogens with two attached hydrogens (primary N) is 1. The lowest BCUT2D eigenvalue weighted by molar-refractivity contribution is 0.0932. The van der Waals surface area contributed by atoms with Gasteiger partial charge in [0.15, 0.2) is 5.78 Å². The highest BCUT2D eigenvalue weighted by Gasteiger charge is 2.16. The monoisotopic (exact) mass is 261 g/mol. The molecule has 4 heteroatoms. The van der Waals surface area contributed by atoms with Gasteiger partial charge in [-0.05, 0) is 30.8 Å². The van der Waals surface area contributed by atoms with E-state index in [0.29, 0.717) is 12.1 Å². The van der Waals surface area contributed by atoms with E-state index in [2.05, 4.69) is 16.7 Å². The molecule has 1 aliphatic heterocycles. The van der Waals surface area contributed by atoms with E-state index >= 15 is 0 Å². The molecule has 0 radical (unpaired) electrons. The Kier molecular flexibility index (Phi) is 4.93. The van der Waals surface area contributed by atoms with Gasteiger partial charge in [0.1, 0.15) is 0 Å². The minimum Gasteiger partial charge on any atom is -0.399 e. The fourth-order valence-electron chi connectivity index (χ4n) is 2.40. The van der Waals surface area contributed by atoms with Crippen molar-refractivity contribution in [3.63, 3.8) is 0 Å². The number of carbonyl (C=O) groups is 1. The van der Waals surface area contributed by atoms with Crippen molar-refractivity contribution in [2.24, 2.45) is 0 Å². The van der Waals surface area contributed by atoms with Crippen LogP contribution in [0.5, 0.6) is 0 Å². The third-order valence-corrected chi connectivity index (χ3v) is 3.80. The van der Waals surface area contributed by atoms with Gasteiger partial charge in [-0.1, -0.05) is 6.92 Å². The molecule has 2 rings (SSSR count). The van der Waals surface area contributed by atoms with Gasteiger partial charge in [0.25, 0.3) is 0 Å². The molecular weight excluding hydrogens is 238 g/mol. The van der Waals surface area contributed by atoms with Crippen molar-refractivity contribution >= 4 is 11.5 Å². The van der Waals surface area contributed by atoms with Gasteiger partial charge >= 0.3 is 0 Å². The maximum Gasteiger partial charge on any atom is 0.164 e. The zero-order chi connectivity index (χ0) is 13.7. The molecular formula is C15H23N3O. The van der Waals surface area contributed by atoms with Crippen molar-refractivity contribution in [3.8, 4) is 0 Å². The number of benzene rings is 1. The summed E-state index contributed by atoms with van der Waals surface area (Å²) in [7, 11) is 0. The van der Waals surface area contributed by atoms with Crippen molar-refractivity contribution in [2.45, 2.75) is 13.3 Å². The summed E-state index contributed by atoms with van der Waals surface area (Å²) in [4.78, 5) is 16.9. The molecule has 1 aliphatic rings. The first-order valence-electron chi connectivity index (χ1n) is 7.02. The van der Waals surface area contributed by atoms with Crippen LogP contribution in [0.25, 0.3) is 0 Å². The third-order valence-electron chi connectivity index (χ3n) is 3.80. The van der Waals surface area contributed by atoms with Gasteiger partial charge in [-0.3, -0.25) is 4.79 Å². The van der Waals surface area contributed by atoms with Crippen molar-refractivity contribution in [3.05, 3.63) is 29.8 Å². The second-order valence-corrected chi connectivity index (χ2v) is 5.07. The summed E-state index contributed by atoms with van der Waals surface area (Å²) in [6.07, 6.45) is 0.593. The van der Waals surface area contributed by atoms with Gasteiger partial charge in [-0.2, -0.15) is 0 Å². The zero-order valence-corrected chi connectivity index (χ0v) is 11.6. The van der Waals surface area contributed by atoms with Crippen LogP contribution in [0.15, 0.2) is 24.3 Å². The molecule has 0 unspecified atom stereocenters. The van der Waals surface area contributed by atoms with Crippen molar-refractivity contribution in [1.29, 1.82) is 0 Å². The molecule has 19 heavy (non-hydrogen) atoms. The molecule has 0 aromatic heterocycles. The van der Waals surface area contributed by atoms with Crippen LogP contribution in [-0.2, 0) is 0 Å². The number of piperazine rings is 1. The number of Topliss-reactive ketones (excluding diaryl/α,β-unsaturated/α-hetero) is 1. The van der Waals surface area contributed by atoms with Gasteiger partial charge in [0, 0.05) is 50.4 Å². The number of likely N-dealkylation sites (N-methyl/N-ethyl adjacent to an activating group) is 1. The summed E-state index contributed by atoms with van der Waals surface area (Å²) in [5.41, 5.74) is 7.09. The predicted octanol–water partition coefficient (Wildman–Crippen LogP) is 1.48. The van der Waals surface area contributed by atoms with E-state index in [9.17, 15) is 4.79 Å². The quantitative estimate of drug-likeness (QED) is 0.644. The number of nitrogen functional groups attached to an aromatic ring is 1. The maximum absolute atomic E-state index is 12.0. The number of ketones is 1. The molecule has 1 aromatic rings. The Balaban J connectivity index is 1.76. The van der Waals surface area contributed by atoms with Crippen molar-refractivity contribution < 1.29 is 4.79 Å². The van der Waals surface area contributed by atoms with E-state index in [1.54, 1.807) is 12.1 Å². The Morgan fingerprint density at radius 1 is 1.11 bits per heavy atom. The lowest BCUT2D eigenvalue weighted by atomic mass is 10.1. The van der Waals surface area contributed by atoms with Gasteiger partial charge in [-0.25, -0.2) is 0 Å². The molecule has 0 aliphatic carbocycles. The molecule has 2 N–H and O–H groups in total.